The lowest BCUT2D eigenvalue weighted by Crippen LogP contribution is -2.07. The van der Waals surface area contributed by atoms with E-state index >= 15 is 0 Å². The summed E-state index contributed by atoms with van der Waals surface area (Å²) in [7, 11) is 0. The summed E-state index contributed by atoms with van der Waals surface area (Å²) in [5.41, 5.74) is 1.16. The van der Waals surface area contributed by atoms with E-state index in [4.69, 9.17) is 0 Å². The predicted molar refractivity (Wildman–Crippen MR) is 68.1 cm³/mol. The van der Waals surface area contributed by atoms with Crippen LogP contribution in [0.15, 0.2) is 18.2 Å². The van der Waals surface area contributed by atoms with Crippen molar-refractivity contribution in [2.45, 2.75) is 41.5 Å². The predicted octanol–water partition coefficient (Wildman–Crippen LogP) is 4.14. The number of nitrogens with one attached hydrogen (secondary N) is 1. The van der Waals surface area contributed by atoms with Gasteiger partial charge < -0.3 is 5.32 Å². The molecule has 0 atom stereocenters. The summed E-state index contributed by atoms with van der Waals surface area (Å²) in [5, 5.41) is 2.40. The van der Waals surface area contributed by atoms with Gasteiger partial charge in [0, 0.05) is 6.92 Å². The van der Waals surface area contributed by atoms with E-state index in [1.54, 1.807) is 12.1 Å². The molecule has 1 rings (SSSR count). The first-order chi connectivity index (χ1) is 7.59. The fourth-order valence-corrected chi connectivity index (χ4v) is 0.925. The molecule has 0 spiro atoms. The van der Waals surface area contributed by atoms with Crippen LogP contribution in [0.3, 0.4) is 0 Å². The van der Waals surface area contributed by atoms with Crippen molar-refractivity contribution in [3.05, 3.63) is 29.6 Å². The van der Waals surface area contributed by atoms with Crippen molar-refractivity contribution in [2.75, 3.05) is 5.32 Å². The SMILES string of the molecule is CC.CC.CC(=O)Nc1cc(C)ccc1F. The molecule has 2 nitrogen and oxygen atoms in total. The third-order valence-electron chi connectivity index (χ3n) is 1.43. The Labute approximate surface area is 97.9 Å². The molecule has 0 aliphatic rings. The molecular formula is C13H22FNO. The van der Waals surface area contributed by atoms with Crippen LogP contribution in [0.1, 0.15) is 40.2 Å². The number of hydrogen-bond acceptors (Lipinski definition) is 1. The Balaban J connectivity index is 0. The van der Waals surface area contributed by atoms with Gasteiger partial charge in [-0.25, -0.2) is 4.39 Å². The molecule has 3 heteroatoms. The van der Waals surface area contributed by atoms with Crippen molar-refractivity contribution in [1.29, 1.82) is 0 Å². The third kappa shape index (κ3) is 6.98. The van der Waals surface area contributed by atoms with Gasteiger partial charge in [-0.15, -0.1) is 0 Å². The maximum atomic E-state index is 12.9. The summed E-state index contributed by atoms with van der Waals surface area (Å²) in [6.45, 7) is 11.2. The molecule has 92 valence electrons. The summed E-state index contributed by atoms with van der Waals surface area (Å²) in [6, 6.07) is 4.58. The molecule has 0 heterocycles. The van der Waals surface area contributed by atoms with Crippen LogP contribution in [0.2, 0.25) is 0 Å². The summed E-state index contributed by atoms with van der Waals surface area (Å²) in [6.07, 6.45) is 0. The van der Waals surface area contributed by atoms with Gasteiger partial charge in [-0.2, -0.15) is 0 Å². The Morgan fingerprint density at radius 1 is 1.19 bits per heavy atom. The van der Waals surface area contributed by atoms with Gasteiger partial charge in [0.15, 0.2) is 0 Å². The van der Waals surface area contributed by atoms with Crippen LogP contribution in [-0.2, 0) is 4.79 Å². The van der Waals surface area contributed by atoms with Gasteiger partial charge in [0.05, 0.1) is 5.69 Å². The number of carbonyl (C=O) groups is 1. The van der Waals surface area contributed by atoms with Crippen molar-refractivity contribution in [2.24, 2.45) is 0 Å². The molecule has 16 heavy (non-hydrogen) atoms. The molecule has 0 bridgehead atoms. The summed E-state index contributed by atoms with van der Waals surface area (Å²) in [5.74, 6) is -0.671. The monoisotopic (exact) mass is 227 g/mol. The minimum absolute atomic E-state index is 0.238. The number of hydrogen-bond donors (Lipinski definition) is 1. The van der Waals surface area contributed by atoms with Gasteiger partial charge >= 0.3 is 0 Å². The van der Waals surface area contributed by atoms with E-state index < -0.39 is 5.82 Å². The van der Waals surface area contributed by atoms with Crippen LogP contribution in [0.5, 0.6) is 0 Å². The lowest BCUT2D eigenvalue weighted by atomic mass is 10.2. The van der Waals surface area contributed by atoms with E-state index in [-0.39, 0.29) is 11.6 Å². The first kappa shape index (κ1) is 17.0. The van der Waals surface area contributed by atoms with E-state index in [9.17, 15) is 9.18 Å². The van der Waals surface area contributed by atoms with Crippen molar-refractivity contribution < 1.29 is 9.18 Å². The Bertz CT molecular complexity index is 311. The zero-order valence-corrected chi connectivity index (χ0v) is 11.0. The standard InChI is InChI=1S/C9H10FNO.2C2H6/c1-6-3-4-8(10)9(5-6)11-7(2)12;2*1-2/h3-5H,1-2H3,(H,11,12);2*1-2H3. The number of anilines is 1. The topological polar surface area (TPSA) is 29.1 Å². The van der Waals surface area contributed by atoms with Crippen LogP contribution in [0.25, 0.3) is 0 Å². The molecule has 1 aromatic carbocycles. The Hall–Kier alpha value is -1.38. The number of aryl methyl sites for hydroxylation is 1. The van der Waals surface area contributed by atoms with E-state index in [1.165, 1.54) is 13.0 Å². The second-order valence-electron chi connectivity index (χ2n) is 2.66. The summed E-state index contributed by atoms with van der Waals surface area (Å²) >= 11 is 0. The molecule has 0 aliphatic carbocycles. The second-order valence-corrected chi connectivity index (χ2v) is 2.66. The molecule has 1 amide bonds. The van der Waals surface area contributed by atoms with Gasteiger partial charge in [-0.3, -0.25) is 4.79 Å². The highest BCUT2D eigenvalue weighted by atomic mass is 19.1. The summed E-state index contributed by atoms with van der Waals surface area (Å²) in [4.78, 5) is 10.6. The van der Waals surface area contributed by atoms with Crippen LogP contribution < -0.4 is 5.32 Å². The third-order valence-corrected chi connectivity index (χ3v) is 1.43. The second kappa shape index (κ2) is 10.1. The van der Waals surface area contributed by atoms with E-state index in [2.05, 4.69) is 5.32 Å². The van der Waals surface area contributed by atoms with Gasteiger partial charge in [-0.1, -0.05) is 33.8 Å². The number of halogens is 1. The average molecular weight is 227 g/mol. The quantitative estimate of drug-likeness (QED) is 0.767. The lowest BCUT2D eigenvalue weighted by Gasteiger charge is -2.03. The van der Waals surface area contributed by atoms with Crippen molar-refractivity contribution in [1.82, 2.24) is 0 Å². The van der Waals surface area contributed by atoms with E-state index in [1.807, 2.05) is 34.6 Å². The molecule has 0 aliphatic heterocycles. The molecule has 0 saturated heterocycles. The summed E-state index contributed by atoms with van der Waals surface area (Å²) < 4.78 is 12.9. The zero-order valence-electron chi connectivity index (χ0n) is 11.0. The molecule has 1 N–H and O–H groups in total. The Kier molecular flexibility index (Phi) is 10.8. The van der Waals surface area contributed by atoms with Gasteiger partial charge in [-0.05, 0) is 24.6 Å². The van der Waals surface area contributed by atoms with Crippen molar-refractivity contribution >= 4 is 11.6 Å². The number of benzene rings is 1. The first-order valence-corrected chi connectivity index (χ1v) is 5.63. The number of amides is 1. The van der Waals surface area contributed by atoms with Crippen LogP contribution in [-0.4, -0.2) is 5.91 Å². The van der Waals surface area contributed by atoms with Crippen molar-refractivity contribution in [3.8, 4) is 0 Å². The minimum atomic E-state index is -0.407. The maximum Gasteiger partial charge on any atom is 0.221 e. The molecule has 0 saturated carbocycles. The smallest absolute Gasteiger partial charge is 0.221 e. The highest BCUT2D eigenvalue weighted by molar-refractivity contribution is 5.88. The van der Waals surface area contributed by atoms with Gasteiger partial charge in [0.25, 0.3) is 0 Å². The fraction of sp³-hybridized carbons (Fsp3) is 0.462. The molecule has 0 fully saturated rings. The largest absolute Gasteiger partial charge is 0.324 e. The fourth-order valence-electron chi connectivity index (χ4n) is 0.925. The normalized spacial score (nSPS) is 7.94. The van der Waals surface area contributed by atoms with Crippen LogP contribution in [0, 0.1) is 12.7 Å². The molecule has 1 aromatic rings. The van der Waals surface area contributed by atoms with Crippen LogP contribution in [0.4, 0.5) is 10.1 Å². The van der Waals surface area contributed by atoms with Gasteiger partial charge in [0.2, 0.25) is 5.91 Å². The maximum absolute atomic E-state index is 12.9. The Morgan fingerprint density at radius 3 is 2.12 bits per heavy atom. The number of carbonyl (C=O) groups excluding carboxylic acids is 1. The van der Waals surface area contributed by atoms with Crippen molar-refractivity contribution in [3.63, 3.8) is 0 Å². The highest BCUT2D eigenvalue weighted by Gasteiger charge is 2.02. The van der Waals surface area contributed by atoms with E-state index in [0.717, 1.165) is 5.56 Å². The molecule has 0 aromatic heterocycles. The minimum Gasteiger partial charge on any atom is -0.324 e. The van der Waals surface area contributed by atoms with Crippen LogP contribution >= 0.6 is 0 Å². The molecular weight excluding hydrogens is 205 g/mol. The lowest BCUT2D eigenvalue weighted by molar-refractivity contribution is -0.114. The molecule has 0 unspecified atom stereocenters. The first-order valence-electron chi connectivity index (χ1n) is 5.63. The van der Waals surface area contributed by atoms with Gasteiger partial charge in [0.1, 0.15) is 5.82 Å². The van der Waals surface area contributed by atoms with E-state index in [0.29, 0.717) is 0 Å². The highest BCUT2D eigenvalue weighted by Crippen LogP contribution is 2.14. The number of rotatable bonds is 1. The average Bonchev–Trinajstić information content (AvgIpc) is 2.28. The zero-order chi connectivity index (χ0) is 13.1. The molecule has 0 radical (unpaired) electrons. The Morgan fingerprint density at radius 2 is 1.69 bits per heavy atom.